The lowest BCUT2D eigenvalue weighted by molar-refractivity contribution is -0.153. The number of carboxylic acid groups (broad SMARTS) is 1. The van der Waals surface area contributed by atoms with Crippen LogP contribution in [-0.2, 0) is 10.3 Å². The lowest BCUT2D eigenvalue weighted by Gasteiger charge is -2.37. The highest BCUT2D eigenvalue weighted by Crippen LogP contribution is 2.41. The number of hydrogen-bond acceptors (Lipinski definition) is 5. The van der Waals surface area contributed by atoms with E-state index in [1.807, 2.05) is 18.2 Å². The summed E-state index contributed by atoms with van der Waals surface area (Å²) in [5.41, 5.74) is -0.341. The lowest BCUT2D eigenvalue weighted by Crippen LogP contribution is -2.48. The molecule has 0 atom stereocenters. The third kappa shape index (κ3) is 1.66. The Morgan fingerprint density at radius 3 is 2.75 bits per heavy atom. The van der Waals surface area contributed by atoms with Gasteiger partial charge in [0.05, 0.1) is 12.7 Å². The number of ether oxygens (including phenoxy) is 1. The van der Waals surface area contributed by atoms with Gasteiger partial charge >= 0.3 is 5.97 Å². The maximum Gasteiger partial charge on any atom is 0.331 e. The Kier molecular flexibility index (Phi) is 2.89. The molecular formula is C13H14N4O3. The van der Waals surface area contributed by atoms with E-state index in [1.165, 1.54) is 4.68 Å². The molecule has 20 heavy (non-hydrogen) atoms. The van der Waals surface area contributed by atoms with E-state index in [2.05, 4.69) is 15.5 Å². The van der Waals surface area contributed by atoms with Crippen molar-refractivity contribution in [3.05, 3.63) is 24.3 Å². The fraction of sp³-hybridized carbons (Fsp3) is 0.385. The summed E-state index contributed by atoms with van der Waals surface area (Å²) in [6.07, 6.45) is 1.93. The number of tetrazole rings is 1. The van der Waals surface area contributed by atoms with Crippen molar-refractivity contribution in [1.82, 2.24) is 20.2 Å². The van der Waals surface area contributed by atoms with E-state index >= 15 is 0 Å². The first-order valence-corrected chi connectivity index (χ1v) is 6.35. The molecule has 1 aromatic carbocycles. The summed E-state index contributed by atoms with van der Waals surface area (Å²) in [5, 5.41) is 21.0. The Labute approximate surface area is 115 Å². The summed E-state index contributed by atoms with van der Waals surface area (Å²) in [4.78, 5) is 11.6. The molecule has 0 bridgehead atoms. The zero-order chi connectivity index (χ0) is 14.2. The van der Waals surface area contributed by atoms with E-state index in [0.717, 1.165) is 6.42 Å². The van der Waals surface area contributed by atoms with Crippen LogP contribution in [0.15, 0.2) is 24.3 Å². The number of carbonyl (C=O) groups is 1. The fourth-order valence-electron chi connectivity index (χ4n) is 2.50. The average molecular weight is 274 g/mol. The number of nitrogens with zero attached hydrogens (tertiary/aromatic N) is 4. The zero-order valence-electron chi connectivity index (χ0n) is 11.0. The average Bonchev–Trinajstić information content (AvgIpc) is 2.86. The summed E-state index contributed by atoms with van der Waals surface area (Å²) in [6.45, 7) is 0. The minimum Gasteiger partial charge on any atom is -0.496 e. The molecule has 0 unspecified atom stereocenters. The lowest BCUT2D eigenvalue weighted by atomic mass is 9.76. The predicted molar refractivity (Wildman–Crippen MR) is 69.3 cm³/mol. The minimum absolute atomic E-state index is 0.421. The van der Waals surface area contributed by atoms with Gasteiger partial charge in [-0.25, -0.2) is 9.48 Å². The van der Waals surface area contributed by atoms with Crippen LogP contribution in [0.2, 0.25) is 0 Å². The second-order valence-corrected chi connectivity index (χ2v) is 4.80. The van der Waals surface area contributed by atoms with Crippen molar-refractivity contribution in [1.29, 1.82) is 0 Å². The first-order chi connectivity index (χ1) is 9.69. The van der Waals surface area contributed by atoms with Gasteiger partial charge in [-0.3, -0.25) is 0 Å². The minimum atomic E-state index is -1.03. The van der Waals surface area contributed by atoms with Crippen LogP contribution in [0.3, 0.4) is 0 Å². The molecule has 1 heterocycles. The van der Waals surface area contributed by atoms with Crippen molar-refractivity contribution in [2.45, 2.75) is 24.8 Å². The summed E-state index contributed by atoms with van der Waals surface area (Å²) >= 11 is 0. The molecule has 0 spiro atoms. The van der Waals surface area contributed by atoms with Gasteiger partial charge in [-0.1, -0.05) is 12.1 Å². The molecule has 1 aliphatic rings. The monoisotopic (exact) mass is 274 g/mol. The molecule has 7 heteroatoms. The third-order valence-electron chi connectivity index (χ3n) is 3.80. The molecular weight excluding hydrogens is 260 g/mol. The van der Waals surface area contributed by atoms with Crippen molar-refractivity contribution < 1.29 is 14.6 Å². The number of para-hydroxylation sites is 1. The van der Waals surface area contributed by atoms with E-state index in [-0.39, 0.29) is 0 Å². The van der Waals surface area contributed by atoms with E-state index < -0.39 is 11.5 Å². The van der Waals surface area contributed by atoms with Crippen LogP contribution < -0.4 is 4.74 Å². The van der Waals surface area contributed by atoms with Crippen LogP contribution in [0.1, 0.15) is 19.3 Å². The predicted octanol–water partition coefficient (Wildman–Crippen LogP) is 1.31. The second-order valence-electron chi connectivity index (χ2n) is 4.80. The molecule has 1 aromatic heterocycles. The maximum atomic E-state index is 11.6. The largest absolute Gasteiger partial charge is 0.496 e. The second kappa shape index (κ2) is 4.59. The first-order valence-electron chi connectivity index (χ1n) is 6.35. The van der Waals surface area contributed by atoms with Gasteiger partial charge in [-0.15, -0.1) is 5.10 Å². The molecule has 1 saturated carbocycles. The molecule has 104 valence electrons. The molecule has 3 rings (SSSR count). The topological polar surface area (TPSA) is 90.1 Å². The van der Waals surface area contributed by atoms with Crippen LogP contribution in [-0.4, -0.2) is 38.4 Å². The van der Waals surface area contributed by atoms with Gasteiger partial charge in [0, 0.05) is 0 Å². The van der Waals surface area contributed by atoms with E-state index in [1.54, 1.807) is 13.2 Å². The van der Waals surface area contributed by atoms with E-state index in [4.69, 9.17) is 4.74 Å². The third-order valence-corrected chi connectivity index (χ3v) is 3.80. The molecule has 7 nitrogen and oxygen atoms in total. The summed E-state index contributed by atoms with van der Waals surface area (Å²) < 4.78 is 6.71. The maximum absolute atomic E-state index is 11.6. The number of rotatable bonds is 4. The van der Waals surface area contributed by atoms with Crippen LogP contribution in [0.5, 0.6) is 5.75 Å². The molecule has 0 aliphatic heterocycles. The zero-order valence-corrected chi connectivity index (χ0v) is 11.0. The van der Waals surface area contributed by atoms with E-state index in [9.17, 15) is 9.90 Å². The Balaban J connectivity index is 2.13. The van der Waals surface area contributed by atoms with Gasteiger partial charge in [-0.05, 0) is 41.8 Å². The van der Waals surface area contributed by atoms with Crippen molar-refractivity contribution >= 4 is 5.97 Å². The number of aromatic nitrogens is 4. The molecule has 0 saturated heterocycles. The van der Waals surface area contributed by atoms with Crippen LogP contribution in [0, 0.1) is 0 Å². The highest BCUT2D eigenvalue weighted by Gasteiger charge is 2.49. The Morgan fingerprint density at radius 1 is 1.40 bits per heavy atom. The van der Waals surface area contributed by atoms with E-state index in [0.29, 0.717) is 30.0 Å². The van der Waals surface area contributed by atoms with Gasteiger partial charge < -0.3 is 9.84 Å². The SMILES string of the molecule is COc1ccccc1-c1nnnn1C1(C(=O)O)CCC1. The number of methoxy groups -OCH3 is 1. The standard InChI is InChI=1S/C13H14N4O3/c1-20-10-6-3-2-5-9(10)11-14-15-16-17(11)13(12(18)19)7-4-8-13/h2-3,5-6H,4,7-8H2,1H3,(H,18,19). The highest BCUT2D eigenvalue weighted by molar-refractivity contribution is 5.79. The van der Waals surface area contributed by atoms with Gasteiger partial charge in [-0.2, -0.15) is 0 Å². The Bertz CT molecular complexity index is 649. The van der Waals surface area contributed by atoms with Gasteiger partial charge in [0.1, 0.15) is 5.75 Å². The normalized spacial score (nSPS) is 16.4. The van der Waals surface area contributed by atoms with Crippen molar-refractivity contribution in [3.63, 3.8) is 0 Å². The highest BCUT2D eigenvalue weighted by atomic mass is 16.5. The van der Waals surface area contributed by atoms with Gasteiger partial charge in [0.25, 0.3) is 0 Å². The van der Waals surface area contributed by atoms with Gasteiger partial charge in [0.2, 0.25) is 0 Å². The first kappa shape index (κ1) is 12.6. The number of benzene rings is 1. The number of hydrogen-bond donors (Lipinski definition) is 1. The van der Waals surface area contributed by atoms with Crippen molar-refractivity contribution in [2.24, 2.45) is 0 Å². The molecule has 1 N–H and O–H groups in total. The fourth-order valence-corrected chi connectivity index (χ4v) is 2.50. The van der Waals surface area contributed by atoms with Gasteiger partial charge in [0.15, 0.2) is 11.4 Å². The summed E-state index contributed by atoms with van der Waals surface area (Å²) in [6, 6.07) is 7.29. The van der Waals surface area contributed by atoms with Crippen LogP contribution in [0.25, 0.3) is 11.4 Å². The molecule has 0 radical (unpaired) electrons. The van der Waals surface area contributed by atoms with Crippen molar-refractivity contribution in [2.75, 3.05) is 7.11 Å². The summed E-state index contributed by atoms with van der Waals surface area (Å²) in [7, 11) is 1.56. The Morgan fingerprint density at radius 2 is 2.15 bits per heavy atom. The quantitative estimate of drug-likeness (QED) is 0.904. The molecule has 2 aromatic rings. The van der Waals surface area contributed by atoms with Crippen molar-refractivity contribution in [3.8, 4) is 17.1 Å². The number of carboxylic acids is 1. The number of aliphatic carboxylic acids is 1. The molecule has 0 amide bonds. The van der Waals surface area contributed by atoms with Crippen LogP contribution >= 0.6 is 0 Å². The molecule has 1 aliphatic carbocycles. The smallest absolute Gasteiger partial charge is 0.331 e. The summed E-state index contributed by atoms with van der Waals surface area (Å²) in [5.74, 6) is 0.139. The van der Waals surface area contributed by atoms with Crippen LogP contribution in [0.4, 0.5) is 0 Å². The Hall–Kier alpha value is -2.44. The molecule has 1 fully saturated rings.